The number of oxazole rings is 1. The zero-order chi connectivity index (χ0) is 14.9. The van der Waals surface area contributed by atoms with Crippen LogP contribution in [0.5, 0.6) is 0 Å². The van der Waals surface area contributed by atoms with Crippen molar-refractivity contribution in [1.82, 2.24) is 4.98 Å². The standard InChI is InChI=1S/C18H18N2O2.ClH/c19-14-9-10-16(14)21-11-12-5-7-13(8-6-12)18-20-15-3-1-2-4-17(15)22-18;/h1-8,14,16H,9-11,19H2;1H. The molecule has 120 valence electrons. The Morgan fingerprint density at radius 3 is 2.52 bits per heavy atom. The van der Waals surface area contributed by atoms with Gasteiger partial charge in [0.2, 0.25) is 5.89 Å². The predicted octanol–water partition coefficient (Wildman–Crippen LogP) is 3.92. The summed E-state index contributed by atoms with van der Waals surface area (Å²) < 4.78 is 11.6. The zero-order valence-corrected chi connectivity index (χ0v) is 13.5. The molecule has 2 atom stereocenters. The van der Waals surface area contributed by atoms with E-state index in [1.54, 1.807) is 0 Å². The van der Waals surface area contributed by atoms with E-state index >= 15 is 0 Å². The smallest absolute Gasteiger partial charge is 0.227 e. The Labute approximate surface area is 141 Å². The van der Waals surface area contributed by atoms with Crippen LogP contribution in [-0.2, 0) is 11.3 Å². The average Bonchev–Trinajstić information content (AvgIpc) is 2.98. The molecule has 2 N–H and O–H groups in total. The van der Waals surface area contributed by atoms with Gasteiger partial charge in [0.05, 0.1) is 12.7 Å². The molecule has 0 bridgehead atoms. The number of ether oxygens (including phenoxy) is 1. The maximum absolute atomic E-state index is 5.88. The molecule has 5 heteroatoms. The topological polar surface area (TPSA) is 61.3 Å². The molecule has 1 aliphatic rings. The first-order valence-electron chi connectivity index (χ1n) is 7.62. The van der Waals surface area contributed by atoms with Crippen LogP contribution in [0.2, 0.25) is 0 Å². The summed E-state index contributed by atoms with van der Waals surface area (Å²) in [5, 5.41) is 0. The number of halogens is 1. The molecule has 2 aromatic carbocycles. The normalized spacial score (nSPS) is 20.0. The fourth-order valence-corrected chi connectivity index (χ4v) is 2.64. The SMILES string of the molecule is Cl.NC1CCC1OCc1ccc(-c2nc3ccccc3o2)cc1. The number of hydrogen-bond acceptors (Lipinski definition) is 4. The van der Waals surface area contributed by atoms with Gasteiger partial charge in [0.1, 0.15) is 5.52 Å². The third kappa shape index (κ3) is 3.24. The highest BCUT2D eigenvalue weighted by atomic mass is 35.5. The molecule has 0 radical (unpaired) electrons. The number of benzene rings is 2. The molecule has 0 spiro atoms. The van der Waals surface area contributed by atoms with Gasteiger partial charge in [-0.05, 0) is 42.7 Å². The van der Waals surface area contributed by atoms with Crippen molar-refractivity contribution < 1.29 is 9.15 Å². The first-order valence-corrected chi connectivity index (χ1v) is 7.62. The third-order valence-electron chi connectivity index (χ3n) is 4.22. The zero-order valence-electron chi connectivity index (χ0n) is 12.6. The van der Waals surface area contributed by atoms with Crippen molar-refractivity contribution in [3.63, 3.8) is 0 Å². The van der Waals surface area contributed by atoms with E-state index in [9.17, 15) is 0 Å². The fourth-order valence-electron chi connectivity index (χ4n) is 2.64. The second kappa shape index (κ2) is 6.71. The van der Waals surface area contributed by atoms with Gasteiger partial charge in [-0.2, -0.15) is 0 Å². The lowest BCUT2D eigenvalue weighted by molar-refractivity contribution is -0.0245. The van der Waals surface area contributed by atoms with Gasteiger partial charge in [-0.3, -0.25) is 0 Å². The van der Waals surface area contributed by atoms with E-state index in [4.69, 9.17) is 14.9 Å². The molecule has 0 saturated heterocycles. The molecule has 1 aromatic heterocycles. The molecule has 2 unspecified atom stereocenters. The molecule has 23 heavy (non-hydrogen) atoms. The van der Waals surface area contributed by atoms with Crippen molar-refractivity contribution >= 4 is 23.5 Å². The number of fused-ring (bicyclic) bond motifs is 1. The highest BCUT2D eigenvalue weighted by molar-refractivity contribution is 5.85. The lowest BCUT2D eigenvalue weighted by atomic mass is 9.90. The van der Waals surface area contributed by atoms with Crippen LogP contribution in [0.3, 0.4) is 0 Å². The van der Waals surface area contributed by atoms with Gasteiger partial charge < -0.3 is 14.9 Å². The highest BCUT2D eigenvalue weighted by Gasteiger charge is 2.27. The second-order valence-electron chi connectivity index (χ2n) is 5.77. The Morgan fingerprint density at radius 2 is 1.87 bits per heavy atom. The van der Waals surface area contributed by atoms with Crippen LogP contribution >= 0.6 is 12.4 Å². The summed E-state index contributed by atoms with van der Waals surface area (Å²) in [6.07, 6.45) is 2.36. The van der Waals surface area contributed by atoms with Crippen LogP contribution < -0.4 is 5.73 Å². The lowest BCUT2D eigenvalue weighted by Crippen LogP contribution is -2.45. The number of para-hydroxylation sites is 2. The second-order valence-corrected chi connectivity index (χ2v) is 5.77. The number of nitrogens with two attached hydrogens (primary N) is 1. The number of aromatic nitrogens is 1. The van der Waals surface area contributed by atoms with Gasteiger partial charge in [-0.25, -0.2) is 4.98 Å². The minimum atomic E-state index is 0. The Morgan fingerprint density at radius 1 is 1.09 bits per heavy atom. The maximum atomic E-state index is 5.88. The van der Waals surface area contributed by atoms with Crippen molar-refractivity contribution in [2.45, 2.75) is 31.6 Å². The Balaban J connectivity index is 0.00000156. The van der Waals surface area contributed by atoms with Crippen molar-refractivity contribution in [2.24, 2.45) is 5.73 Å². The van der Waals surface area contributed by atoms with E-state index in [0.717, 1.165) is 35.1 Å². The number of rotatable bonds is 4. The molecule has 0 amide bonds. The molecule has 1 fully saturated rings. The molecule has 4 rings (SSSR count). The van der Waals surface area contributed by atoms with Crippen LogP contribution in [0.1, 0.15) is 18.4 Å². The Kier molecular flexibility index (Phi) is 4.66. The van der Waals surface area contributed by atoms with Gasteiger partial charge in [0.25, 0.3) is 0 Å². The average molecular weight is 331 g/mol. The first kappa shape index (κ1) is 16.0. The van der Waals surface area contributed by atoms with Gasteiger partial charge in [-0.1, -0.05) is 24.3 Å². The van der Waals surface area contributed by atoms with Gasteiger partial charge in [0.15, 0.2) is 5.58 Å². The summed E-state index contributed by atoms with van der Waals surface area (Å²) in [6, 6.07) is 16.1. The van der Waals surface area contributed by atoms with E-state index in [1.165, 1.54) is 0 Å². The summed E-state index contributed by atoms with van der Waals surface area (Å²) >= 11 is 0. The fraction of sp³-hybridized carbons (Fsp3) is 0.278. The number of hydrogen-bond donors (Lipinski definition) is 1. The molecule has 1 saturated carbocycles. The Hall–Kier alpha value is -1.88. The van der Waals surface area contributed by atoms with Crippen molar-refractivity contribution in [1.29, 1.82) is 0 Å². The van der Waals surface area contributed by atoms with Crippen molar-refractivity contribution in [2.75, 3.05) is 0 Å². The summed E-state index contributed by atoms with van der Waals surface area (Å²) in [7, 11) is 0. The Bertz CT molecular complexity index is 752. The van der Waals surface area contributed by atoms with Crippen LogP contribution in [0.25, 0.3) is 22.6 Å². The molecule has 4 nitrogen and oxygen atoms in total. The minimum absolute atomic E-state index is 0. The molecular formula is C18H19ClN2O2. The van der Waals surface area contributed by atoms with Crippen LogP contribution in [-0.4, -0.2) is 17.1 Å². The summed E-state index contributed by atoms with van der Waals surface area (Å²) in [5.41, 5.74) is 9.68. The van der Waals surface area contributed by atoms with Crippen LogP contribution in [0.4, 0.5) is 0 Å². The van der Waals surface area contributed by atoms with E-state index in [2.05, 4.69) is 4.98 Å². The largest absolute Gasteiger partial charge is 0.436 e. The van der Waals surface area contributed by atoms with Crippen molar-refractivity contribution in [3.05, 3.63) is 54.1 Å². The van der Waals surface area contributed by atoms with Gasteiger partial charge >= 0.3 is 0 Å². The predicted molar refractivity (Wildman–Crippen MR) is 92.5 cm³/mol. The van der Waals surface area contributed by atoms with Crippen molar-refractivity contribution in [3.8, 4) is 11.5 Å². The monoisotopic (exact) mass is 330 g/mol. The van der Waals surface area contributed by atoms with E-state index < -0.39 is 0 Å². The highest BCUT2D eigenvalue weighted by Crippen LogP contribution is 2.25. The summed E-state index contributed by atoms with van der Waals surface area (Å²) in [6.45, 7) is 0.603. The molecule has 1 aliphatic carbocycles. The molecule has 0 aliphatic heterocycles. The molecule has 3 aromatic rings. The van der Waals surface area contributed by atoms with E-state index in [0.29, 0.717) is 12.5 Å². The minimum Gasteiger partial charge on any atom is -0.436 e. The quantitative estimate of drug-likeness (QED) is 0.787. The lowest BCUT2D eigenvalue weighted by Gasteiger charge is -2.33. The third-order valence-corrected chi connectivity index (χ3v) is 4.22. The number of nitrogens with zero attached hydrogens (tertiary/aromatic N) is 1. The molecular weight excluding hydrogens is 312 g/mol. The van der Waals surface area contributed by atoms with Crippen LogP contribution in [0.15, 0.2) is 52.9 Å². The van der Waals surface area contributed by atoms with Gasteiger partial charge in [-0.15, -0.1) is 12.4 Å². The van der Waals surface area contributed by atoms with Gasteiger partial charge in [0, 0.05) is 11.6 Å². The van der Waals surface area contributed by atoms with E-state index in [1.807, 2.05) is 48.5 Å². The summed E-state index contributed by atoms with van der Waals surface area (Å²) in [4.78, 5) is 4.50. The molecule has 1 heterocycles. The maximum Gasteiger partial charge on any atom is 0.227 e. The van der Waals surface area contributed by atoms with E-state index in [-0.39, 0.29) is 24.6 Å². The summed E-state index contributed by atoms with van der Waals surface area (Å²) in [5.74, 6) is 0.648. The van der Waals surface area contributed by atoms with Crippen LogP contribution in [0, 0.1) is 0 Å². The first-order chi connectivity index (χ1) is 10.8.